The SMILES string of the molecule is C=P1(C)COC(CC)CO1.[B]C(CC)OCP(C)(=O)O. The van der Waals surface area contributed by atoms with Crippen LogP contribution in [0.15, 0.2) is 0 Å². The lowest BCUT2D eigenvalue weighted by Crippen LogP contribution is -2.24. The van der Waals surface area contributed by atoms with Gasteiger partial charge >= 0.3 is 0 Å². The Morgan fingerprint density at radius 2 is 2.20 bits per heavy atom. The summed E-state index contributed by atoms with van der Waals surface area (Å²) in [6.45, 7) is 8.00. The van der Waals surface area contributed by atoms with Gasteiger partial charge in [-0.2, -0.15) is 0 Å². The molecule has 4 atom stereocenters. The second-order valence-corrected chi connectivity index (χ2v) is 10.7. The van der Waals surface area contributed by atoms with Gasteiger partial charge in [-0.3, -0.25) is 4.57 Å². The third-order valence-electron chi connectivity index (χ3n) is 2.54. The van der Waals surface area contributed by atoms with Crippen LogP contribution in [0.3, 0.4) is 0 Å². The molecule has 0 aliphatic carbocycles. The molecule has 0 spiro atoms. The minimum atomic E-state index is -3.03. The largest absolute Gasteiger partial charge is 0.378 e. The van der Waals surface area contributed by atoms with Gasteiger partial charge in [0.25, 0.3) is 0 Å². The Balaban J connectivity index is 0.000000361. The molecule has 1 N–H and O–H groups in total. The van der Waals surface area contributed by atoms with Gasteiger partial charge in [-0.15, -0.1) is 0 Å². The predicted molar refractivity (Wildman–Crippen MR) is 87.5 cm³/mol. The normalized spacial score (nSPS) is 30.8. The molecule has 118 valence electrons. The van der Waals surface area contributed by atoms with Gasteiger partial charge in [0.1, 0.15) is 14.2 Å². The van der Waals surface area contributed by atoms with Crippen LogP contribution in [0.1, 0.15) is 26.7 Å². The molecule has 1 aliphatic heterocycles. The second kappa shape index (κ2) is 9.45. The lowest BCUT2D eigenvalue weighted by Gasteiger charge is -2.30. The van der Waals surface area contributed by atoms with E-state index in [1.165, 1.54) is 6.66 Å². The van der Waals surface area contributed by atoms with Crippen molar-refractivity contribution in [2.75, 3.05) is 32.6 Å². The second-order valence-electron chi connectivity index (χ2n) is 5.21. The zero-order valence-electron chi connectivity index (χ0n) is 12.9. The molecule has 0 bridgehead atoms. The maximum Gasteiger partial charge on any atom is 0.222 e. The Hall–Kier alpha value is 0.435. The molecule has 1 aliphatic rings. The molecular formula is C12H27BO5P2. The van der Waals surface area contributed by atoms with Gasteiger partial charge in [0, 0.05) is 19.8 Å². The first-order chi connectivity index (χ1) is 9.09. The highest BCUT2D eigenvalue weighted by atomic mass is 31.2. The van der Waals surface area contributed by atoms with Crippen molar-refractivity contribution in [1.29, 1.82) is 0 Å². The summed E-state index contributed by atoms with van der Waals surface area (Å²) in [5.41, 5.74) is 0. The lowest BCUT2D eigenvalue weighted by atomic mass is 9.98. The molecular weight excluding hydrogens is 297 g/mol. The summed E-state index contributed by atoms with van der Waals surface area (Å²) in [6, 6.07) is -0.416. The molecule has 8 heteroatoms. The summed E-state index contributed by atoms with van der Waals surface area (Å²) < 4.78 is 26.5. The van der Waals surface area contributed by atoms with Gasteiger partial charge < -0.3 is 18.9 Å². The Labute approximate surface area is 124 Å². The molecule has 20 heavy (non-hydrogen) atoms. The van der Waals surface area contributed by atoms with E-state index in [1.54, 1.807) is 0 Å². The minimum Gasteiger partial charge on any atom is -0.378 e. The number of rotatable bonds is 5. The van der Waals surface area contributed by atoms with Crippen LogP contribution >= 0.6 is 14.5 Å². The van der Waals surface area contributed by atoms with Crippen LogP contribution in [-0.4, -0.2) is 63.8 Å². The number of hydrogen-bond donors (Lipinski definition) is 1. The molecule has 0 aromatic heterocycles. The van der Waals surface area contributed by atoms with E-state index in [4.69, 9.17) is 26.7 Å². The van der Waals surface area contributed by atoms with E-state index in [0.29, 0.717) is 12.5 Å². The average molecular weight is 324 g/mol. The van der Waals surface area contributed by atoms with Crippen molar-refractivity contribution < 1.29 is 23.5 Å². The maximum atomic E-state index is 10.6. The van der Waals surface area contributed by atoms with Crippen LogP contribution in [0.4, 0.5) is 0 Å². The molecule has 0 amide bonds. The molecule has 0 aromatic rings. The quantitative estimate of drug-likeness (QED) is 0.622. The molecule has 1 fully saturated rings. The minimum absolute atomic E-state index is 0.151. The molecule has 0 saturated carbocycles. The first kappa shape index (κ1) is 20.4. The van der Waals surface area contributed by atoms with Crippen molar-refractivity contribution in [2.24, 2.45) is 0 Å². The number of ether oxygens (including phenoxy) is 2. The third-order valence-corrected chi connectivity index (χ3v) is 4.64. The van der Waals surface area contributed by atoms with Crippen LogP contribution in [0, 0.1) is 0 Å². The summed E-state index contributed by atoms with van der Waals surface area (Å²) in [5.74, 6) is 0. The Morgan fingerprint density at radius 1 is 1.60 bits per heavy atom. The van der Waals surface area contributed by atoms with E-state index in [2.05, 4.69) is 19.9 Å². The Kier molecular flexibility index (Phi) is 9.66. The highest BCUT2D eigenvalue weighted by Crippen LogP contribution is 2.45. The van der Waals surface area contributed by atoms with Crippen molar-refractivity contribution in [3.8, 4) is 0 Å². The Bertz CT molecular complexity index is 346. The van der Waals surface area contributed by atoms with Crippen molar-refractivity contribution >= 4 is 28.6 Å². The van der Waals surface area contributed by atoms with Crippen molar-refractivity contribution in [3.05, 3.63) is 0 Å². The van der Waals surface area contributed by atoms with Gasteiger partial charge in [0.05, 0.1) is 19.1 Å². The summed E-state index contributed by atoms with van der Waals surface area (Å²) >= 11 is 0. The fourth-order valence-corrected chi connectivity index (χ4v) is 2.79. The van der Waals surface area contributed by atoms with Gasteiger partial charge in [-0.05, 0) is 19.5 Å². The first-order valence-corrected chi connectivity index (χ1v) is 11.5. The fourth-order valence-electron chi connectivity index (χ4n) is 1.20. The molecule has 1 rings (SSSR count). The van der Waals surface area contributed by atoms with Crippen LogP contribution in [0.25, 0.3) is 0 Å². The van der Waals surface area contributed by atoms with E-state index in [-0.39, 0.29) is 6.35 Å². The van der Waals surface area contributed by atoms with Gasteiger partial charge in [-0.25, -0.2) is 0 Å². The van der Waals surface area contributed by atoms with Gasteiger partial charge in [-0.1, -0.05) is 20.1 Å². The van der Waals surface area contributed by atoms with E-state index in [0.717, 1.165) is 19.4 Å². The Morgan fingerprint density at radius 3 is 2.55 bits per heavy atom. The van der Waals surface area contributed by atoms with Crippen LogP contribution in [0.5, 0.6) is 0 Å². The number of hydrogen-bond acceptors (Lipinski definition) is 4. The van der Waals surface area contributed by atoms with Crippen molar-refractivity contribution in [1.82, 2.24) is 0 Å². The smallest absolute Gasteiger partial charge is 0.222 e. The summed E-state index contributed by atoms with van der Waals surface area (Å²) in [5, 5.41) is 0. The van der Waals surface area contributed by atoms with Gasteiger partial charge in [0.15, 0.2) is 0 Å². The topological polar surface area (TPSA) is 65.0 Å². The van der Waals surface area contributed by atoms with E-state index < -0.39 is 20.5 Å². The monoisotopic (exact) mass is 324 g/mol. The summed E-state index contributed by atoms with van der Waals surface area (Å²) in [7, 11) is 0.931. The molecule has 1 saturated heterocycles. The molecule has 2 radical (unpaired) electrons. The fraction of sp³-hybridized carbons (Fsp3) is 0.917. The lowest BCUT2D eigenvalue weighted by molar-refractivity contribution is 0.0200. The highest BCUT2D eigenvalue weighted by Gasteiger charge is 2.20. The standard InChI is InChI=1S/C7H15O2P.C5H12BO3P/c1-4-7-5-9-10(2,3)6-8-7;1-3-5(6)9-4-10(2,7)8/h7H,2,4-6H2,1,3H3;5H,3-4H2,1-2H3,(H,7,8). The van der Waals surface area contributed by atoms with E-state index >= 15 is 0 Å². The third kappa shape index (κ3) is 11.1. The maximum absolute atomic E-state index is 10.6. The van der Waals surface area contributed by atoms with Crippen LogP contribution in [0.2, 0.25) is 0 Å². The summed E-state index contributed by atoms with van der Waals surface area (Å²) in [4.78, 5) is 8.74. The molecule has 1 heterocycles. The molecule has 4 unspecified atom stereocenters. The zero-order chi connectivity index (χ0) is 15.8. The molecule has 0 aromatic carbocycles. The zero-order valence-corrected chi connectivity index (χ0v) is 14.7. The average Bonchev–Trinajstić information content (AvgIpc) is 2.36. The molecule has 5 nitrogen and oxygen atoms in total. The van der Waals surface area contributed by atoms with E-state index in [1.807, 2.05) is 6.92 Å². The van der Waals surface area contributed by atoms with Crippen molar-refractivity contribution in [3.63, 3.8) is 0 Å². The first-order valence-electron chi connectivity index (χ1n) is 6.72. The predicted octanol–water partition coefficient (Wildman–Crippen LogP) is 2.53. The van der Waals surface area contributed by atoms with Crippen LogP contribution in [-0.2, 0) is 18.6 Å². The van der Waals surface area contributed by atoms with Gasteiger partial charge in [0.2, 0.25) is 7.37 Å². The van der Waals surface area contributed by atoms with E-state index in [9.17, 15) is 4.57 Å². The van der Waals surface area contributed by atoms with Crippen molar-refractivity contribution in [2.45, 2.75) is 38.8 Å². The van der Waals surface area contributed by atoms with Crippen LogP contribution < -0.4 is 0 Å². The summed E-state index contributed by atoms with van der Waals surface area (Å²) in [6.07, 6.45) is 6.55. The highest BCUT2D eigenvalue weighted by molar-refractivity contribution is 7.68.